The molecule has 12 heteroatoms. The Morgan fingerprint density at radius 2 is 0.807 bits per heavy atom. The van der Waals surface area contributed by atoms with Crippen LogP contribution in [-0.4, -0.2) is 98.2 Å². The molecule has 1 aliphatic rings. The molecule has 57 heavy (non-hydrogen) atoms. The molecule has 3 heterocycles. The third kappa shape index (κ3) is 9.03. The maximum absolute atomic E-state index is 5.71. The van der Waals surface area contributed by atoms with Crippen molar-refractivity contribution in [2.75, 3.05) is 68.8 Å². The highest BCUT2D eigenvalue weighted by molar-refractivity contribution is 5.70. The lowest BCUT2D eigenvalue weighted by atomic mass is 10.1. The summed E-state index contributed by atoms with van der Waals surface area (Å²) in [5.41, 5.74) is 8.22. The number of benzene rings is 4. The lowest BCUT2D eigenvalue weighted by molar-refractivity contribution is 0.243. The van der Waals surface area contributed by atoms with E-state index in [2.05, 4.69) is 79.8 Å². The zero-order chi connectivity index (χ0) is 39.7. The predicted molar refractivity (Wildman–Crippen MR) is 221 cm³/mol. The average molecular weight is 773 g/mol. The Balaban J connectivity index is 1.11. The first kappa shape index (κ1) is 39.3. The van der Waals surface area contributed by atoms with Crippen LogP contribution in [0.3, 0.4) is 0 Å². The molecular formula is C45H52N6O6. The summed E-state index contributed by atoms with van der Waals surface area (Å²) in [5.74, 6) is 3.55. The number of hydrogen-bond donors (Lipinski definition) is 0. The first-order valence-corrected chi connectivity index (χ1v) is 19.2. The molecule has 4 aromatic carbocycles. The van der Waals surface area contributed by atoms with E-state index in [0.29, 0.717) is 47.6 Å². The summed E-state index contributed by atoms with van der Waals surface area (Å²) < 4.78 is 38.2. The molecule has 0 N–H and O–H groups in total. The number of methoxy groups -OCH3 is 6. The fourth-order valence-electron chi connectivity index (χ4n) is 7.57. The smallest absolute Gasteiger partial charge is 0.203 e. The Bertz CT molecular complexity index is 2030. The molecule has 1 saturated heterocycles. The number of nitrogens with zero attached hydrogens (tertiary/aromatic N) is 6. The first-order valence-electron chi connectivity index (χ1n) is 19.2. The molecule has 0 spiro atoms. The van der Waals surface area contributed by atoms with Gasteiger partial charge in [-0.05, 0) is 67.0 Å². The zero-order valence-electron chi connectivity index (χ0n) is 33.7. The molecule has 1 aliphatic heterocycles. The van der Waals surface area contributed by atoms with Gasteiger partial charge in [0.1, 0.15) is 0 Å². The quantitative estimate of drug-likeness (QED) is 0.100. The normalized spacial score (nSPS) is 13.6. The average Bonchev–Trinajstić information content (AvgIpc) is 3.76. The fourth-order valence-corrected chi connectivity index (χ4v) is 7.57. The van der Waals surface area contributed by atoms with Crippen LogP contribution in [0.2, 0.25) is 0 Å². The summed E-state index contributed by atoms with van der Waals surface area (Å²) in [5, 5.41) is 10.3. The van der Waals surface area contributed by atoms with Crippen molar-refractivity contribution in [3.8, 4) is 57.0 Å². The molecule has 6 aromatic rings. The topological polar surface area (TPSA) is 97.5 Å². The van der Waals surface area contributed by atoms with Crippen LogP contribution in [0.25, 0.3) is 22.5 Å². The molecule has 0 saturated carbocycles. The summed E-state index contributed by atoms with van der Waals surface area (Å²) in [6.45, 7) is 6.52. The van der Waals surface area contributed by atoms with Crippen molar-refractivity contribution in [2.45, 2.75) is 32.6 Å². The highest BCUT2D eigenvalue weighted by Gasteiger charge is 2.23. The Kier molecular flexibility index (Phi) is 12.6. The lowest BCUT2D eigenvalue weighted by Gasteiger charge is -2.20. The van der Waals surface area contributed by atoms with Crippen LogP contribution < -0.4 is 28.4 Å². The SMILES string of the molecule is COc1cc(-c2cc(CN3CCCN(Cc4cc(-c5cc(OC)c(OC)c(OC)c5)n(Cc5ccccc5)n4)CC3)nn2Cc2ccccc2)cc(OC)c1OC. The van der Waals surface area contributed by atoms with Crippen molar-refractivity contribution in [3.63, 3.8) is 0 Å². The Labute approximate surface area is 335 Å². The van der Waals surface area contributed by atoms with Gasteiger partial charge in [0.25, 0.3) is 0 Å². The van der Waals surface area contributed by atoms with Crippen LogP contribution in [-0.2, 0) is 26.2 Å². The standard InChI is InChI=1S/C45H52N6O6/c1-52-40-22-34(23-41(53-2)44(40)56-5)38-26-36(46-50(38)28-32-14-9-7-10-15-32)30-48-18-13-19-49(21-20-48)31-37-27-39(51(47-37)29-33-16-11-8-12-17-33)35-24-42(54-3)45(57-6)43(25-35)55-4/h7-12,14-17,22-27H,13,18-21,28-31H2,1-6H3. The van der Waals surface area contributed by atoms with Gasteiger partial charge in [-0.1, -0.05) is 60.7 Å². The number of ether oxygens (including phenoxy) is 6. The van der Waals surface area contributed by atoms with E-state index in [1.807, 2.05) is 36.4 Å². The van der Waals surface area contributed by atoms with Gasteiger partial charge in [0.15, 0.2) is 23.0 Å². The second-order valence-electron chi connectivity index (χ2n) is 14.1. The van der Waals surface area contributed by atoms with E-state index in [1.165, 1.54) is 11.1 Å². The van der Waals surface area contributed by atoms with E-state index < -0.39 is 0 Å². The highest BCUT2D eigenvalue weighted by Crippen LogP contribution is 2.43. The third-order valence-corrected chi connectivity index (χ3v) is 10.4. The van der Waals surface area contributed by atoms with Crippen LogP contribution in [0.5, 0.6) is 34.5 Å². The van der Waals surface area contributed by atoms with Crippen molar-refractivity contribution >= 4 is 0 Å². The maximum atomic E-state index is 5.71. The summed E-state index contributed by atoms with van der Waals surface area (Å²) in [6, 6.07) is 33.1. The van der Waals surface area contributed by atoms with Crippen LogP contribution in [0.4, 0.5) is 0 Å². The second-order valence-corrected chi connectivity index (χ2v) is 14.1. The third-order valence-electron chi connectivity index (χ3n) is 10.4. The van der Waals surface area contributed by atoms with Crippen molar-refractivity contribution in [1.82, 2.24) is 29.4 Å². The first-order chi connectivity index (χ1) is 27.9. The largest absolute Gasteiger partial charge is 0.493 e. The minimum atomic E-state index is 0.563. The molecule has 298 valence electrons. The number of aromatic nitrogens is 4. The van der Waals surface area contributed by atoms with Gasteiger partial charge in [-0.2, -0.15) is 10.2 Å². The summed E-state index contributed by atoms with van der Waals surface area (Å²) in [7, 11) is 9.80. The van der Waals surface area contributed by atoms with Gasteiger partial charge in [0.05, 0.1) is 78.5 Å². The Morgan fingerprint density at radius 1 is 0.439 bits per heavy atom. The fraction of sp³-hybridized carbons (Fsp3) is 0.333. The lowest BCUT2D eigenvalue weighted by Crippen LogP contribution is -2.30. The van der Waals surface area contributed by atoms with Crippen LogP contribution >= 0.6 is 0 Å². The molecule has 2 aromatic heterocycles. The van der Waals surface area contributed by atoms with Crippen molar-refractivity contribution < 1.29 is 28.4 Å². The second kappa shape index (κ2) is 18.3. The van der Waals surface area contributed by atoms with Gasteiger partial charge in [0, 0.05) is 37.3 Å². The van der Waals surface area contributed by atoms with Crippen LogP contribution in [0.15, 0.2) is 97.1 Å². The molecule has 12 nitrogen and oxygen atoms in total. The van der Waals surface area contributed by atoms with E-state index in [4.69, 9.17) is 38.6 Å². The van der Waals surface area contributed by atoms with Gasteiger partial charge in [-0.15, -0.1) is 0 Å². The van der Waals surface area contributed by atoms with Crippen molar-refractivity contribution in [1.29, 1.82) is 0 Å². The molecule has 0 aliphatic carbocycles. The van der Waals surface area contributed by atoms with Crippen molar-refractivity contribution in [3.05, 3.63) is 120 Å². The van der Waals surface area contributed by atoms with E-state index in [9.17, 15) is 0 Å². The number of hydrogen-bond acceptors (Lipinski definition) is 10. The van der Waals surface area contributed by atoms with Gasteiger partial charge in [-0.25, -0.2) is 0 Å². The van der Waals surface area contributed by atoms with Gasteiger partial charge in [-0.3, -0.25) is 19.2 Å². The molecular weight excluding hydrogens is 721 g/mol. The molecule has 0 atom stereocenters. The van der Waals surface area contributed by atoms with E-state index >= 15 is 0 Å². The number of rotatable bonds is 16. The van der Waals surface area contributed by atoms with Crippen LogP contribution in [0, 0.1) is 0 Å². The molecule has 0 radical (unpaired) electrons. The summed E-state index contributed by atoms with van der Waals surface area (Å²) in [6.07, 6.45) is 1.04. The highest BCUT2D eigenvalue weighted by atomic mass is 16.5. The predicted octanol–water partition coefficient (Wildman–Crippen LogP) is 7.27. The molecule has 0 bridgehead atoms. The van der Waals surface area contributed by atoms with E-state index in [1.54, 1.807) is 42.7 Å². The zero-order valence-corrected chi connectivity index (χ0v) is 33.7. The van der Waals surface area contributed by atoms with Gasteiger partial charge in [0.2, 0.25) is 11.5 Å². The van der Waals surface area contributed by atoms with E-state index in [0.717, 1.165) is 79.6 Å². The molecule has 0 amide bonds. The van der Waals surface area contributed by atoms with Crippen molar-refractivity contribution in [2.24, 2.45) is 0 Å². The van der Waals surface area contributed by atoms with Gasteiger partial charge < -0.3 is 28.4 Å². The maximum Gasteiger partial charge on any atom is 0.203 e. The van der Waals surface area contributed by atoms with E-state index in [-0.39, 0.29) is 0 Å². The summed E-state index contributed by atoms with van der Waals surface area (Å²) >= 11 is 0. The minimum absolute atomic E-state index is 0.563. The van der Waals surface area contributed by atoms with Crippen LogP contribution in [0.1, 0.15) is 28.9 Å². The molecule has 1 fully saturated rings. The molecule has 0 unspecified atom stereocenters. The minimum Gasteiger partial charge on any atom is -0.493 e. The monoisotopic (exact) mass is 772 g/mol. The molecule has 7 rings (SSSR count). The Morgan fingerprint density at radius 3 is 1.14 bits per heavy atom. The summed E-state index contributed by atoms with van der Waals surface area (Å²) in [4.78, 5) is 5.01. The van der Waals surface area contributed by atoms with Gasteiger partial charge >= 0.3 is 0 Å². The Hall–Kier alpha value is -5.98.